The van der Waals surface area contributed by atoms with Crippen LogP contribution in [0.2, 0.25) is 0 Å². The van der Waals surface area contributed by atoms with Gasteiger partial charge in [-0.3, -0.25) is 9.69 Å². The summed E-state index contributed by atoms with van der Waals surface area (Å²) in [5.74, 6) is 0.845. The third-order valence-corrected chi connectivity index (χ3v) is 6.26. The van der Waals surface area contributed by atoms with E-state index in [4.69, 9.17) is 14.2 Å². The predicted molar refractivity (Wildman–Crippen MR) is 134 cm³/mol. The van der Waals surface area contributed by atoms with E-state index in [2.05, 4.69) is 27.6 Å². The van der Waals surface area contributed by atoms with E-state index in [-0.39, 0.29) is 12.5 Å². The van der Waals surface area contributed by atoms with E-state index >= 15 is 0 Å². The van der Waals surface area contributed by atoms with Crippen molar-refractivity contribution in [1.29, 1.82) is 0 Å². The molecule has 2 aromatic rings. The van der Waals surface area contributed by atoms with Crippen molar-refractivity contribution >= 4 is 63.2 Å². The average Bonchev–Trinajstić information content (AvgIpc) is 3.07. The summed E-state index contributed by atoms with van der Waals surface area (Å²) in [6.45, 7) is 4.37. The Balaban J connectivity index is 1.77. The number of aliphatic imine (C=N–C) groups is 1. The normalized spacial score (nSPS) is 16.0. The Morgan fingerprint density at radius 3 is 2.56 bits per heavy atom. The molecule has 1 aliphatic rings. The highest BCUT2D eigenvalue weighted by Crippen LogP contribution is 2.35. The summed E-state index contributed by atoms with van der Waals surface area (Å²) in [5.41, 5.74) is 1.61. The quantitative estimate of drug-likeness (QED) is 0.258. The Morgan fingerprint density at radius 2 is 1.94 bits per heavy atom. The molecular weight excluding hydrogens is 543 g/mol. The first-order valence-corrected chi connectivity index (χ1v) is 11.9. The Bertz CT molecular complexity index is 1050. The van der Waals surface area contributed by atoms with Gasteiger partial charge in [-0.1, -0.05) is 6.07 Å². The maximum atomic E-state index is 12.9. The molecule has 9 heteroatoms. The summed E-state index contributed by atoms with van der Waals surface area (Å²) in [6, 6.07) is 12.9. The second-order valence-corrected chi connectivity index (χ2v) is 8.71. The number of hydrogen-bond donors (Lipinski definition) is 0. The van der Waals surface area contributed by atoms with E-state index in [1.165, 1.54) is 11.8 Å². The lowest BCUT2D eigenvalue weighted by Crippen LogP contribution is -2.28. The van der Waals surface area contributed by atoms with Crippen molar-refractivity contribution in [1.82, 2.24) is 4.90 Å². The van der Waals surface area contributed by atoms with Gasteiger partial charge in [0, 0.05) is 6.54 Å². The molecule has 0 saturated carbocycles. The van der Waals surface area contributed by atoms with Gasteiger partial charge in [-0.05, 0) is 96.2 Å². The Morgan fingerprint density at radius 1 is 1.19 bits per heavy atom. The SMILES string of the molecule is CCOC(=O)COc1ccc(/C=C2/SC(=Nc3ccc(OC)cc3)N(CC)C2=O)cc1I. The van der Waals surface area contributed by atoms with Gasteiger partial charge >= 0.3 is 5.97 Å². The van der Waals surface area contributed by atoms with Gasteiger partial charge in [0.1, 0.15) is 11.5 Å². The molecule has 1 heterocycles. The van der Waals surface area contributed by atoms with Gasteiger partial charge in [0.05, 0.1) is 27.9 Å². The molecule has 168 valence electrons. The van der Waals surface area contributed by atoms with Gasteiger partial charge in [-0.25, -0.2) is 9.79 Å². The number of esters is 1. The van der Waals surface area contributed by atoms with Crippen LogP contribution in [0, 0.1) is 3.57 Å². The summed E-state index contributed by atoms with van der Waals surface area (Å²) in [6.07, 6.45) is 1.84. The Kier molecular flexibility index (Phi) is 8.57. The molecule has 0 aliphatic carbocycles. The zero-order chi connectivity index (χ0) is 23.1. The minimum absolute atomic E-state index is 0.0811. The van der Waals surface area contributed by atoms with E-state index in [0.717, 1.165) is 20.6 Å². The number of benzene rings is 2. The smallest absolute Gasteiger partial charge is 0.344 e. The fraction of sp³-hybridized carbons (Fsp3) is 0.261. The molecule has 0 unspecified atom stereocenters. The van der Waals surface area contributed by atoms with Crippen LogP contribution in [0.15, 0.2) is 52.4 Å². The largest absolute Gasteiger partial charge is 0.497 e. The lowest BCUT2D eigenvalue weighted by atomic mass is 10.2. The van der Waals surface area contributed by atoms with Crippen molar-refractivity contribution in [2.45, 2.75) is 13.8 Å². The van der Waals surface area contributed by atoms with Gasteiger partial charge < -0.3 is 14.2 Å². The highest BCUT2D eigenvalue weighted by atomic mass is 127. The van der Waals surface area contributed by atoms with Crippen molar-refractivity contribution in [3.63, 3.8) is 0 Å². The number of carbonyl (C=O) groups excluding carboxylic acids is 2. The van der Waals surface area contributed by atoms with E-state index in [1.54, 1.807) is 25.0 Å². The van der Waals surface area contributed by atoms with Gasteiger partial charge in [0.15, 0.2) is 11.8 Å². The molecule has 0 bridgehead atoms. The predicted octanol–water partition coefficient (Wildman–Crippen LogP) is 4.87. The number of carbonyl (C=O) groups is 2. The Hall–Kier alpha value is -2.53. The number of thioether (sulfide) groups is 1. The van der Waals surface area contributed by atoms with Crippen molar-refractivity contribution < 1.29 is 23.8 Å². The summed E-state index contributed by atoms with van der Waals surface area (Å²) >= 11 is 3.48. The molecule has 2 aromatic carbocycles. The molecule has 0 aromatic heterocycles. The number of amides is 1. The van der Waals surface area contributed by atoms with Crippen LogP contribution in [-0.2, 0) is 14.3 Å². The van der Waals surface area contributed by atoms with E-state index in [1.807, 2.05) is 49.4 Å². The number of rotatable bonds is 8. The van der Waals surface area contributed by atoms with Gasteiger partial charge in [0.25, 0.3) is 5.91 Å². The van der Waals surface area contributed by atoms with Crippen LogP contribution in [0.25, 0.3) is 6.08 Å². The van der Waals surface area contributed by atoms with Crippen LogP contribution < -0.4 is 9.47 Å². The molecule has 1 saturated heterocycles. The van der Waals surface area contributed by atoms with Crippen LogP contribution in [-0.4, -0.2) is 48.8 Å². The molecule has 0 radical (unpaired) electrons. The summed E-state index contributed by atoms with van der Waals surface area (Å²) in [7, 11) is 1.61. The molecular formula is C23H23IN2O5S. The first-order chi connectivity index (χ1) is 15.4. The van der Waals surface area contributed by atoms with E-state index < -0.39 is 5.97 Å². The summed E-state index contributed by atoms with van der Waals surface area (Å²) in [5, 5.41) is 0.637. The van der Waals surface area contributed by atoms with E-state index in [0.29, 0.717) is 29.0 Å². The van der Waals surface area contributed by atoms with Gasteiger partial charge in [-0.2, -0.15) is 0 Å². The number of likely N-dealkylation sites (N-methyl/N-ethyl adjacent to an activating group) is 1. The first-order valence-electron chi connectivity index (χ1n) is 9.97. The molecule has 1 fully saturated rings. The summed E-state index contributed by atoms with van der Waals surface area (Å²) in [4.78, 5) is 31.3. The third kappa shape index (κ3) is 6.04. The molecule has 3 rings (SSSR count). The van der Waals surface area contributed by atoms with E-state index in [9.17, 15) is 9.59 Å². The fourth-order valence-corrected chi connectivity index (χ4v) is 4.61. The molecule has 7 nitrogen and oxygen atoms in total. The van der Waals surface area contributed by atoms with Crippen LogP contribution in [0.5, 0.6) is 11.5 Å². The maximum absolute atomic E-state index is 12.9. The second kappa shape index (κ2) is 11.4. The van der Waals surface area contributed by atoms with Crippen LogP contribution >= 0.6 is 34.4 Å². The number of hydrogen-bond acceptors (Lipinski definition) is 7. The van der Waals surface area contributed by atoms with Crippen LogP contribution in [0.4, 0.5) is 5.69 Å². The highest BCUT2D eigenvalue weighted by Gasteiger charge is 2.32. The van der Waals surface area contributed by atoms with Crippen molar-refractivity contribution in [3.8, 4) is 11.5 Å². The molecule has 1 aliphatic heterocycles. The molecule has 32 heavy (non-hydrogen) atoms. The minimum atomic E-state index is -0.411. The van der Waals surface area contributed by atoms with Crippen LogP contribution in [0.1, 0.15) is 19.4 Å². The second-order valence-electron chi connectivity index (χ2n) is 6.54. The number of ether oxygens (including phenoxy) is 3. The standard InChI is InChI=1S/C23H23IN2O5S/c1-4-26-22(28)20(32-23(26)25-16-7-9-17(29-3)10-8-16)13-15-6-11-19(18(24)12-15)31-14-21(27)30-5-2/h6-13H,4-5,14H2,1-3H3/b20-13+,25-23?. The zero-order valence-electron chi connectivity index (χ0n) is 18.0. The van der Waals surface area contributed by atoms with Crippen molar-refractivity contribution in [2.24, 2.45) is 4.99 Å². The topological polar surface area (TPSA) is 77.4 Å². The lowest BCUT2D eigenvalue weighted by Gasteiger charge is -2.12. The third-order valence-electron chi connectivity index (χ3n) is 4.41. The zero-order valence-corrected chi connectivity index (χ0v) is 20.9. The van der Waals surface area contributed by atoms with Gasteiger partial charge in [0.2, 0.25) is 0 Å². The molecule has 1 amide bonds. The monoisotopic (exact) mass is 566 g/mol. The molecule has 0 N–H and O–H groups in total. The number of methoxy groups -OCH3 is 1. The minimum Gasteiger partial charge on any atom is -0.497 e. The van der Waals surface area contributed by atoms with Crippen LogP contribution in [0.3, 0.4) is 0 Å². The number of halogens is 1. The number of nitrogens with zero attached hydrogens (tertiary/aromatic N) is 2. The fourth-order valence-electron chi connectivity index (χ4n) is 2.85. The molecule has 0 atom stereocenters. The van der Waals surface area contributed by atoms with Crippen molar-refractivity contribution in [3.05, 3.63) is 56.5 Å². The maximum Gasteiger partial charge on any atom is 0.344 e. The van der Waals surface area contributed by atoms with Gasteiger partial charge in [-0.15, -0.1) is 0 Å². The molecule has 0 spiro atoms. The Labute approximate surface area is 205 Å². The lowest BCUT2D eigenvalue weighted by molar-refractivity contribution is -0.145. The first kappa shape index (κ1) is 24.1. The summed E-state index contributed by atoms with van der Waals surface area (Å²) < 4.78 is 16.4. The number of amidine groups is 1. The highest BCUT2D eigenvalue weighted by molar-refractivity contribution is 14.1. The van der Waals surface area contributed by atoms with Crippen molar-refractivity contribution in [2.75, 3.05) is 26.9 Å². The average molecular weight is 566 g/mol.